The van der Waals surface area contributed by atoms with Gasteiger partial charge in [-0.3, -0.25) is 4.79 Å². The first kappa shape index (κ1) is 17.4. The van der Waals surface area contributed by atoms with Crippen LogP contribution in [0.25, 0.3) is 0 Å². The van der Waals surface area contributed by atoms with Crippen LogP contribution in [0.1, 0.15) is 12.8 Å². The van der Waals surface area contributed by atoms with E-state index in [4.69, 9.17) is 0 Å². The van der Waals surface area contributed by atoms with Crippen molar-refractivity contribution < 1.29 is 13.2 Å². The van der Waals surface area contributed by atoms with Gasteiger partial charge in [-0.25, -0.2) is 13.4 Å². The van der Waals surface area contributed by atoms with Gasteiger partial charge in [0.2, 0.25) is 15.9 Å². The first-order valence-corrected chi connectivity index (χ1v) is 10.9. The van der Waals surface area contributed by atoms with Crippen LogP contribution in [0.15, 0.2) is 40.7 Å². The second kappa shape index (κ2) is 6.98. The number of benzene rings is 1. The number of nitrogens with zero attached hydrogens (tertiary/aromatic N) is 4. The number of piperazine rings is 1. The number of sulfonamides is 1. The summed E-state index contributed by atoms with van der Waals surface area (Å²) in [7, 11) is -3.52. The van der Waals surface area contributed by atoms with Gasteiger partial charge in [-0.1, -0.05) is 0 Å². The Kier molecular flexibility index (Phi) is 4.68. The van der Waals surface area contributed by atoms with Crippen molar-refractivity contribution in [3.8, 4) is 0 Å². The highest BCUT2D eigenvalue weighted by atomic mass is 32.2. The van der Waals surface area contributed by atoms with Crippen LogP contribution in [0.4, 0.5) is 10.8 Å². The first-order valence-electron chi connectivity index (χ1n) is 8.61. The van der Waals surface area contributed by atoms with E-state index in [0.717, 1.165) is 17.2 Å². The molecule has 1 aromatic carbocycles. The van der Waals surface area contributed by atoms with Crippen molar-refractivity contribution >= 4 is 38.1 Å². The summed E-state index contributed by atoms with van der Waals surface area (Å²) in [5.41, 5.74) is 0.764. The van der Waals surface area contributed by atoms with Gasteiger partial charge in [0.25, 0.3) is 0 Å². The van der Waals surface area contributed by atoms with Crippen molar-refractivity contribution in [2.45, 2.75) is 17.7 Å². The maximum Gasteiger partial charge on any atom is 0.243 e. The van der Waals surface area contributed by atoms with E-state index >= 15 is 0 Å². The molecule has 7 nitrogen and oxygen atoms in total. The molecule has 138 valence electrons. The zero-order chi connectivity index (χ0) is 18.1. The summed E-state index contributed by atoms with van der Waals surface area (Å²) in [6.07, 6.45) is 3.17. The lowest BCUT2D eigenvalue weighted by atomic mass is 10.3. The van der Waals surface area contributed by atoms with E-state index < -0.39 is 10.0 Å². The summed E-state index contributed by atoms with van der Waals surface area (Å²) in [6, 6.07) is 6.65. The third-order valence-electron chi connectivity index (χ3n) is 4.79. The molecular formula is C17H20N4O3S2. The van der Waals surface area contributed by atoms with Gasteiger partial charge in [0, 0.05) is 56.4 Å². The number of anilines is 2. The molecule has 0 saturated carbocycles. The number of hydrogen-bond acceptors (Lipinski definition) is 6. The Morgan fingerprint density at radius 3 is 2.31 bits per heavy atom. The van der Waals surface area contributed by atoms with Crippen LogP contribution in [-0.4, -0.2) is 56.3 Å². The zero-order valence-corrected chi connectivity index (χ0v) is 15.9. The quantitative estimate of drug-likeness (QED) is 0.793. The molecule has 26 heavy (non-hydrogen) atoms. The van der Waals surface area contributed by atoms with E-state index in [1.807, 2.05) is 5.38 Å². The van der Waals surface area contributed by atoms with Crippen LogP contribution in [0, 0.1) is 0 Å². The maximum absolute atomic E-state index is 12.9. The summed E-state index contributed by atoms with van der Waals surface area (Å²) >= 11 is 1.56. The molecule has 0 spiro atoms. The molecule has 0 N–H and O–H groups in total. The minimum absolute atomic E-state index is 0.0962. The largest absolute Gasteiger partial charge is 0.345 e. The molecule has 0 atom stereocenters. The molecule has 0 radical (unpaired) electrons. The summed E-state index contributed by atoms with van der Waals surface area (Å²) in [5.74, 6) is 0.0962. The van der Waals surface area contributed by atoms with Crippen LogP contribution >= 0.6 is 11.3 Å². The second-order valence-electron chi connectivity index (χ2n) is 6.35. The van der Waals surface area contributed by atoms with Gasteiger partial charge in [0.1, 0.15) is 0 Å². The van der Waals surface area contributed by atoms with E-state index in [2.05, 4.69) is 9.88 Å². The van der Waals surface area contributed by atoms with E-state index in [0.29, 0.717) is 39.1 Å². The highest BCUT2D eigenvalue weighted by molar-refractivity contribution is 7.89. The molecule has 9 heteroatoms. The van der Waals surface area contributed by atoms with Gasteiger partial charge in [-0.2, -0.15) is 4.31 Å². The van der Waals surface area contributed by atoms with Crippen LogP contribution < -0.4 is 9.80 Å². The van der Waals surface area contributed by atoms with E-state index in [1.54, 1.807) is 46.7 Å². The molecule has 0 unspecified atom stereocenters. The van der Waals surface area contributed by atoms with Gasteiger partial charge >= 0.3 is 0 Å². The van der Waals surface area contributed by atoms with Crippen molar-refractivity contribution in [2.24, 2.45) is 0 Å². The Bertz CT molecular complexity index is 873. The molecule has 1 amide bonds. The number of carbonyl (C=O) groups is 1. The minimum atomic E-state index is -3.52. The van der Waals surface area contributed by atoms with Gasteiger partial charge in [-0.15, -0.1) is 11.3 Å². The Morgan fingerprint density at radius 1 is 1.00 bits per heavy atom. The zero-order valence-electron chi connectivity index (χ0n) is 14.2. The van der Waals surface area contributed by atoms with Crippen molar-refractivity contribution in [2.75, 3.05) is 42.5 Å². The lowest BCUT2D eigenvalue weighted by Crippen LogP contribution is -2.48. The second-order valence-corrected chi connectivity index (χ2v) is 9.16. The Hall–Kier alpha value is -1.97. The fraction of sp³-hybridized carbons (Fsp3) is 0.412. The molecule has 2 aliphatic rings. The van der Waals surface area contributed by atoms with E-state index in [9.17, 15) is 13.2 Å². The molecule has 4 rings (SSSR count). The van der Waals surface area contributed by atoms with Gasteiger partial charge in [-0.05, 0) is 30.7 Å². The number of thiazole rings is 1. The molecular weight excluding hydrogens is 372 g/mol. The SMILES string of the molecule is O=C1CCCN1c1ccc(S(=O)(=O)N2CCN(c3nccs3)CC2)cc1. The maximum atomic E-state index is 12.9. The lowest BCUT2D eigenvalue weighted by Gasteiger charge is -2.33. The lowest BCUT2D eigenvalue weighted by molar-refractivity contribution is -0.117. The number of aromatic nitrogens is 1. The van der Waals surface area contributed by atoms with Crippen molar-refractivity contribution in [3.63, 3.8) is 0 Å². The van der Waals surface area contributed by atoms with E-state index in [1.165, 1.54) is 4.31 Å². The summed E-state index contributed by atoms with van der Waals surface area (Å²) in [4.78, 5) is 20.2. The molecule has 2 saturated heterocycles. The van der Waals surface area contributed by atoms with Crippen LogP contribution in [0.5, 0.6) is 0 Å². The third kappa shape index (κ3) is 3.22. The number of hydrogen-bond donors (Lipinski definition) is 0. The molecule has 0 aliphatic carbocycles. The number of rotatable bonds is 4. The topological polar surface area (TPSA) is 73.8 Å². The first-order chi connectivity index (χ1) is 12.6. The molecule has 2 fully saturated rings. The smallest absolute Gasteiger partial charge is 0.243 e. The van der Waals surface area contributed by atoms with E-state index in [-0.39, 0.29) is 10.8 Å². The normalized spacial score (nSPS) is 19.3. The molecule has 0 bridgehead atoms. The van der Waals surface area contributed by atoms with Crippen LogP contribution in [0.2, 0.25) is 0 Å². The highest BCUT2D eigenvalue weighted by Gasteiger charge is 2.29. The fourth-order valence-corrected chi connectivity index (χ4v) is 5.48. The summed E-state index contributed by atoms with van der Waals surface area (Å²) in [5, 5.41) is 2.85. The van der Waals surface area contributed by atoms with Gasteiger partial charge < -0.3 is 9.80 Å². The average Bonchev–Trinajstić information content (AvgIpc) is 3.34. The van der Waals surface area contributed by atoms with Crippen LogP contribution in [-0.2, 0) is 14.8 Å². The summed E-state index contributed by atoms with van der Waals surface area (Å²) < 4.78 is 27.3. The third-order valence-corrected chi connectivity index (χ3v) is 7.53. The van der Waals surface area contributed by atoms with Gasteiger partial charge in [0.15, 0.2) is 5.13 Å². The Balaban J connectivity index is 1.46. The predicted octanol–water partition coefficient (Wildman–Crippen LogP) is 1.78. The van der Waals surface area contributed by atoms with Gasteiger partial charge in [0.05, 0.1) is 4.90 Å². The Labute approximate surface area is 156 Å². The highest BCUT2D eigenvalue weighted by Crippen LogP contribution is 2.26. The van der Waals surface area contributed by atoms with Crippen molar-refractivity contribution in [1.82, 2.24) is 9.29 Å². The minimum Gasteiger partial charge on any atom is -0.345 e. The fourth-order valence-electron chi connectivity index (χ4n) is 3.36. The average molecular weight is 393 g/mol. The molecule has 2 aromatic rings. The predicted molar refractivity (Wildman–Crippen MR) is 101 cm³/mol. The summed E-state index contributed by atoms with van der Waals surface area (Å²) in [6.45, 7) is 2.84. The standard InChI is InChI=1S/C17H20N4O3S2/c22-16-2-1-8-21(16)14-3-5-15(6-4-14)26(23,24)20-11-9-19(10-12-20)17-18-7-13-25-17/h3-7,13H,1-2,8-12H2. The van der Waals surface area contributed by atoms with Crippen molar-refractivity contribution in [3.05, 3.63) is 35.8 Å². The molecule has 1 aromatic heterocycles. The van der Waals surface area contributed by atoms with Crippen molar-refractivity contribution in [1.29, 1.82) is 0 Å². The molecule has 2 aliphatic heterocycles. The molecule has 3 heterocycles. The monoisotopic (exact) mass is 392 g/mol. The van der Waals surface area contributed by atoms with Crippen LogP contribution in [0.3, 0.4) is 0 Å². The number of amides is 1. The Morgan fingerprint density at radius 2 is 1.73 bits per heavy atom. The number of carbonyl (C=O) groups excluding carboxylic acids is 1.